The summed E-state index contributed by atoms with van der Waals surface area (Å²) in [4.78, 5) is 0. The van der Waals surface area contributed by atoms with Crippen LogP contribution in [0, 0.1) is 11.3 Å². The van der Waals surface area contributed by atoms with Crippen LogP contribution in [-0.2, 0) is 9.84 Å². The Balaban J connectivity index is 4.39. The number of sulfone groups is 1. The molecule has 0 aliphatic rings. The molecule has 0 radical (unpaired) electrons. The molecule has 0 aliphatic carbocycles. The van der Waals surface area contributed by atoms with Gasteiger partial charge in [-0.2, -0.15) is 0 Å². The molecule has 2 unspecified atom stereocenters. The fourth-order valence-corrected chi connectivity index (χ4v) is 2.50. The van der Waals surface area contributed by atoms with Crippen molar-refractivity contribution < 1.29 is 8.42 Å². The Morgan fingerprint density at radius 1 is 1.22 bits per heavy atom. The number of hydrogen-bond acceptors (Lipinski definition) is 3. The molecule has 2 atom stereocenters. The molecule has 0 aromatic carbocycles. The highest BCUT2D eigenvalue weighted by Gasteiger charge is 2.23. The molecule has 0 fully saturated rings. The molecule has 110 valence electrons. The summed E-state index contributed by atoms with van der Waals surface area (Å²) >= 11 is 0. The van der Waals surface area contributed by atoms with E-state index in [0.717, 1.165) is 25.8 Å². The average Bonchev–Trinajstić information content (AvgIpc) is 2.19. The maximum atomic E-state index is 11.3. The largest absolute Gasteiger partial charge is 0.314 e. The summed E-state index contributed by atoms with van der Waals surface area (Å²) < 4.78 is 22.5. The molecule has 0 heterocycles. The molecule has 4 heteroatoms. The lowest BCUT2D eigenvalue weighted by Gasteiger charge is -2.31. The van der Waals surface area contributed by atoms with Crippen LogP contribution >= 0.6 is 0 Å². The van der Waals surface area contributed by atoms with Crippen molar-refractivity contribution >= 4 is 9.84 Å². The van der Waals surface area contributed by atoms with Crippen LogP contribution < -0.4 is 5.32 Å². The first-order valence-corrected chi connectivity index (χ1v) is 9.03. The van der Waals surface area contributed by atoms with Crippen LogP contribution in [0.4, 0.5) is 0 Å². The van der Waals surface area contributed by atoms with Gasteiger partial charge in [-0.3, -0.25) is 0 Å². The van der Waals surface area contributed by atoms with Crippen LogP contribution in [0.25, 0.3) is 0 Å². The van der Waals surface area contributed by atoms with Gasteiger partial charge in [-0.25, -0.2) is 8.42 Å². The first kappa shape index (κ1) is 17.9. The molecule has 0 saturated heterocycles. The first-order chi connectivity index (χ1) is 8.06. The Morgan fingerprint density at radius 2 is 1.78 bits per heavy atom. The molecule has 0 aromatic heterocycles. The van der Waals surface area contributed by atoms with Crippen LogP contribution in [0.2, 0.25) is 0 Å². The van der Waals surface area contributed by atoms with E-state index in [1.807, 2.05) is 0 Å². The van der Waals surface area contributed by atoms with Crippen molar-refractivity contribution in [2.24, 2.45) is 11.3 Å². The minimum absolute atomic E-state index is 0.275. The van der Waals surface area contributed by atoms with Crippen LogP contribution in [0.15, 0.2) is 0 Å². The minimum atomic E-state index is -2.86. The van der Waals surface area contributed by atoms with E-state index in [2.05, 4.69) is 39.9 Å². The van der Waals surface area contributed by atoms with Gasteiger partial charge in [0.15, 0.2) is 0 Å². The van der Waals surface area contributed by atoms with Gasteiger partial charge in [-0.15, -0.1) is 0 Å². The predicted molar refractivity (Wildman–Crippen MR) is 79.6 cm³/mol. The lowest BCUT2D eigenvalue weighted by atomic mass is 9.78. The summed E-state index contributed by atoms with van der Waals surface area (Å²) in [6.45, 7) is 12.1. The zero-order chi connectivity index (χ0) is 14.4. The second-order valence-corrected chi connectivity index (χ2v) is 8.83. The predicted octanol–water partition coefficient (Wildman–Crippen LogP) is 2.86. The van der Waals surface area contributed by atoms with Crippen molar-refractivity contribution in [1.82, 2.24) is 5.32 Å². The van der Waals surface area contributed by atoms with Crippen LogP contribution in [0.3, 0.4) is 0 Å². The number of nitrogens with one attached hydrogen (secondary N) is 1. The van der Waals surface area contributed by atoms with E-state index in [1.54, 1.807) is 0 Å². The molecular formula is C14H31NO2S. The van der Waals surface area contributed by atoms with Crippen LogP contribution in [0.1, 0.15) is 53.9 Å². The second kappa shape index (κ2) is 7.49. The Hall–Kier alpha value is -0.0900. The van der Waals surface area contributed by atoms with Gasteiger partial charge in [0.05, 0.1) is 5.75 Å². The SMILES string of the molecule is CCCNC(CCS(C)(=O)=O)CC(C)C(C)(C)C. The van der Waals surface area contributed by atoms with Crippen LogP contribution in [-0.4, -0.2) is 33.0 Å². The van der Waals surface area contributed by atoms with Crippen molar-refractivity contribution in [2.75, 3.05) is 18.6 Å². The third-order valence-electron chi connectivity index (χ3n) is 3.64. The lowest BCUT2D eigenvalue weighted by Crippen LogP contribution is -2.35. The summed E-state index contributed by atoms with van der Waals surface area (Å²) in [5.74, 6) is 0.858. The quantitative estimate of drug-likeness (QED) is 0.742. The van der Waals surface area contributed by atoms with Gasteiger partial charge < -0.3 is 5.32 Å². The third-order valence-corrected chi connectivity index (χ3v) is 4.61. The van der Waals surface area contributed by atoms with E-state index >= 15 is 0 Å². The molecule has 1 N–H and O–H groups in total. The Kier molecular flexibility index (Phi) is 7.45. The van der Waals surface area contributed by atoms with Gasteiger partial charge >= 0.3 is 0 Å². The fourth-order valence-electron chi connectivity index (χ4n) is 1.79. The van der Waals surface area contributed by atoms with E-state index in [4.69, 9.17) is 0 Å². The monoisotopic (exact) mass is 277 g/mol. The molecule has 0 bridgehead atoms. The van der Waals surface area contributed by atoms with E-state index in [1.165, 1.54) is 6.26 Å². The Bertz CT molecular complexity index is 317. The lowest BCUT2D eigenvalue weighted by molar-refractivity contribution is 0.221. The molecule has 0 amide bonds. The van der Waals surface area contributed by atoms with Gasteiger partial charge in [-0.05, 0) is 37.1 Å². The summed E-state index contributed by atoms with van der Waals surface area (Å²) in [6, 6.07) is 0.314. The maximum Gasteiger partial charge on any atom is 0.147 e. The van der Waals surface area contributed by atoms with Crippen LogP contribution in [0.5, 0.6) is 0 Å². The average molecular weight is 277 g/mol. The first-order valence-electron chi connectivity index (χ1n) is 6.97. The summed E-state index contributed by atoms with van der Waals surface area (Å²) in [5, 5.41) is 3.48. The van der Waals surface area contributed by atoms with Gasteiger partial charge in [0, 0.05) is 12.3 Å². The van der Waals surface area contributed by atoms with Gasteiger partial charge in [0.1, 0.15) is 9.84 Å². The maximum absolute atomic E-state index is 11.3. The minimum Gasteiger partial charge on any atom is -0.314 e. The van der Waals surface area contributed by atoms with Crippen molar-refractivity contribution in [3.8, 4) is 0 Å². The van der Waals surface area contributed by atoms with Gasteiger partial charge in [-0.1, -0.05) is 34.6 Å². The smallest absolute Gasteiger partial charge is 0.147 e. The van der Waals surface area contributed by atoms with E-state index < -0.39 is 9.84 Å². The zero-order valence-corrected chi connectivity index (χ0v) is 13.7. The molecular weight excluding hydrogens is 246 g/mol. The highest BCUT2D eigenvalue weighted by atomic mass is 32.2. The highest BCUT2D eigenvalue weighted by molar-refractivity contribution is 7.90. The van der Waals surface area contributed by atoms with Gasteiger partial charge in [0.2, 0.25) is 0 Å². The summed E-state index contributed by atoms with van der Waals surface area (Å²) in [6.07, 6.45) is 4.16. The Morgan fingerprint density at radius 3 is 2.17 bits per heavy atom. The van der Waals surface area contributed by atoms with Crippen molar-refractivity contribution in [3.63, 3.8) is 0 Å². The van der Waals surface area contributed by atoms with Crippen molar-refractivity contribution in [3.05, 3.63) is 0 Å². The zero-order valence-electron chi connectivity index (χ0n) is 12.9. The number of hydrogen-bond donors (Lipinski definition) is 1. The van der Waals surface area contributed by atoms with Gasteiger partial charge in [0.25, 0.3) is 0 Å². The molecule has 0 aliphatic heterocycles. The summed E-state index contributed by atoms with van der Waals surface area (Å²) in [7, 11) is -2.86. The molecule has 0 spiro atoms. The van der Waals surface area contributed by atoms with E-state index in [0.29, 0.717) is 12.0 Å². The topological polar surface area (TPSA) is 46.2 Å². The van der Waals surface area contributed by atoms with Crippen molar-refractivity contribution in [2.45, 2.75) is 59.9 Å². The molecule has 3 nitrogen and oxygen atoms in total. The number of rotatable bonds is 8. The Labute approximate surface area is 114 Å². The third kappa shape index (κ3) is 8.92. The fraction of sp³-hybridized carbons (Fsp3) is 1.00. The second-order valence-electron chi connectivity index (χ2n) is 6.57. The molecule has 0 aromatic rings. The standard InChI is InChI=1S/C14H31NO2S/c1-7-9-15-13(8-10-18(6,16)17)11-12(2)14(3,4)5/h12-13,15H,7-11H2,1-6H3. The molecule has 0 rings (SSSR count). The van der Waals surface area contributed by atoms with E-state index in [-0.39, 0.29) is 11.2 Å². The molecule has 18 heavy (non-hydrogen) atoms. The summed E-state index contributed by atoms with van der Waals surface area (Å²) in [5.41, 5.74) is 0.275. The molecule has 0 saturated carbocycles. The van der Waals surface area contributed by atoms with E-state index in [9.17, 15) is 8.42 Å². The van der Waals surface area contributed by atoms with Crippen molar-refractivity contribution in [1.29, 1.82) is 0 Å². The highest BCUT2D eigenvalue weighted by Crippen LogP contribution is 2.29. The normalized spacial score (nSPS) is 16.6.